The Morgan fingerprint density at radius 2 is 1.66 bits per heavy atom. The summed E-state index contributed by atoms with van der Waals surface area (Å²) in [6.45, 7) is 5.97. The lowest BCUT2D eigenvalue weighted by molar-refractivity contribution is -0.151. The van der Waals surface area contributed by atoms with Crippen molar-refractivity contribution in [1.82, 2.24) is 0 Å². The summed E-state index contributed by atoms with van der Waals surface area (Å²) in [5.41, 5.74) is 3.62. The summed E-state index contributed by atoms with van der Waals surface area (Å²) in [6.07, 6.45) is 0.838. The number of Topliss-reactive ketones (excluding diaryl/α,β-unsaturated/α-hetero) is 1. The molecule has 3 rings (SSSR count). The number of aryl methyl sites for hydroxylation is 2. The number of para-hydroxylation sites is 1. The molecular weight excluding hydrogens is 366 g/mol. The number of esters is 1. The van der Waals surface area contributed by atoms with E-state index in [4.69, 9.17) is 4.74 Å². The van der Waals surface area contributed by atoms with Gasteiger partial charge in [-0.2, -0.15) is 0 Å². The van der Waals surface area contributed by atoms with Gasteiger partial charge in [-0.15, -0.1) is 0 Å². The Hall–Kier alpha value is -2.95. The van der Waals surface area contributed by atoms with Crippen LogP contribution in [0.15, 0.2) is 48.5 Å². The molecule has 0 aromatic heterocycles. The summed E-state index contributed by atoms with van der Waals surface area (Å²) in [4.78, 5) is 39.6. The van der Waals surface area contributed by atoms with Crippen molar-refractivity contribution in [3.63, 3.8) is 0 Å². The fourth-order valence-corrected chi connectivity index (χ4v) is 3.80. The highest BCUT2D eigenvalue weighted by Crippen LogP contribution is 2.33. The standard InChI is InChI=1S/C24H27NO4/c1-4-17-12-9-13-18(5-2)22(17)25-15-20(14-21(25)26)24(28)29-16(3)23(27)19-10-7-6-8-11-19/h6-13,16,20H,4-5,14-15H2,1-3H3/t16-,20+/m1/s1. The molecule has 1 aliphatic rings. The fraction of sp³-hybridized carbons (Fsp3) is 0.375. The van der Waals surface area contributed by atoms with Gasteiger partial charge in [-0.3, -0.25) is 14.4 Å². The lowest BCUT2D eigenvalue weighted by Gasteiger charge is -2.23. The molecule has 0 radical (unpaired) electrons. The maximum absolute atomic E-state index is 12.7. The van der Waals surface area contributed by atoms with Gasteiger partial charge in [-0.1, -0.05) is 62.4 Å². The van der Waals surface area contributed by atoms with Crippen LogP contribution in [0.2, 0.25) is 0 Å². The second-order valence-electron chi connectivity index (χ2n) is 7.35. The maximum atomic E-state index is 12.7. The summed E-state index contributed by atoms with van der Waals surface area (Å²) in [6, 6.07) is 14.8. The van der Waals surface area contributed by atoms with E-state index in [1.165, 1.54) is 0 Å². The fourth-order valence-electron chi connectivity index (χ4n) is 3.80. The minimum absolute atomic E-state index is 0.0791. The molecule has 2 atom stereocenters. The molecule has 0 saturated carbocycles. The monoisotopic (exact) mass is 393 g/mol. The van der Waals surface area contributed by atoms with E-state index < -0.39 is 18.0 Å². The Morgan fingerprint density at radius 3 is 2.24 bits per heavy atom. The number of ketones is 1. The molecule has 1 fully saturated rings. The molecule has 5 nitrogen and oxygen atoms in total. The first kappa shape index (κ1) is 20.8. The van der Waals surface area contributed by atoms with Crippen LogP contribution in [0.25, 0.3) is 0 Å². The van der Waals surface area contributed by atoms with Crippen LogP contribution in [0.4, 0.5) is 5.69 Å². The van der Waals surface area contributed by atoms with E-state index in [1.54, 1.807) is 36.1 Å². The number of hydrogen-bond acceptors (Lipinski definition) is 4. The third-order valence-corrected chi connectivity index (χ3v) is 5.41. The summed E-state index contributed by atoms with van der Waals surface area (Å²) >= 11 is 0. The van der Waals surface area contributed by atoms with Crippen LogP contribution in [-0.2, 0) is 27.2 Å². The number of carbonyl (C=O) groups excluding carboxylic acids is 3. The van der Waals surface area contributed by atoms with E-state index in [-0.39, 0.29) is 24.7 Å². The highest BCUT2D eigenvalue weighted by molar-refractivity contribution is 6.02. The smallest absolute Gasteiger partial charge is 0.312 e. The molecule has 1 saturated heterocycles. The summed E-state index contributed by atoms with van der Waals surface area (Å²) in [7, 11) is 0. The van der Waals surface area contributed by atoms with Crippen LogP contribution in [0.5, 0.6) is 0 Å². The van der Waals surface area contributed by atoms with Crippen LogP contribution < -0.4 is 4.90 Å². The Labute approximate surface area is 171 Å². The quantitative estimate of drug-likeness (QED) is 0.527. The molecular formula is C24H27NO4. The first-order valence-corrected chi connectivity index (χ1v) is 10.2. The Bertz CT molecular complexity index is 884. The Morgan fingerprint density at radius 1 is 1.03 bits per heavy atom. The van der Waals surface area contributed by atoms with E-state index >= 15 is 0 Å². The molecule has 1 amide bonds. The average molecular weight is 393 g/mol. The predicted octanol–water partition coefficient (Wildman–Crippen LogP) is 3.98. The van der Waals surface area contributed by atoms with E-state index in [9.17, 15) is 14.4 Å². The molecule has 0 N–H and O–H groups in total. The molecule has 0 unspecified atom stereocenters. The lowest BCUT2D eigenvalue weighted by atomic mass is 10.0. The van der Waals surface area contributed by atoms with Gasteiger partial charge in [-0.25, -0.2) is 0 Å². The van der Waals surface area contributed by atoms with E-state index in [2.05, 4.69) is 13.8 Å². The number of amides is 1. The molecule has 5 heteroatoms. The van der Waals surface area contributed by atoms with Gasteiger partial charge >= 0.3 is 5.97 Å². The van der Waals surface area contributed by atoms with Crippen molar-refractivity contribution < 1.29 is 19.1 Å². The second kappa shape index (κ2) is 9.03. The van der Waals surface area contributed by atoms with Crippen molar-refractivity contribution in [2.45, 2.75) is 46.1 Å². The number of anilines is 1. The normalized spacial score (nSPS) is 17.3. The number of ether oxygens (including phenoxy) is 1. The van der Waals surface area contributed by atoms with Gasteiger partial charge in [0.15, 0.2) is 6.10 Å². The van der Waals surface area contributed by atoms with Crippen molar-refractivity contribution in [2.75, 3.05) is 11.4 Å². The summed E-state index contributed by atoms with van der Waals surface area (Å²) in [5.74, 6) is -1.39. The van der Waals surface area contributed by atoms with Gasteiger partial charge in [0.25, 0.3) is 0 Å². The molecule has 0 aliphatic carbocycles. The number of hydrogen-bond donors (Lipinski definition) is 0. The van der Waals surface area contributed by atoms with Crippen LogP contribution in [0.3, 0.4) is 0 Å². The first-order valence-electron chi connectivity index (χ1n) is 10.2. The zero-order valence-corrected chi connectivity index (χ0v) is 17.2. The molecule has 2 aromatic carbocycles. The highest BCUT2D eigenvalue weighted by Gasteiger charge is 2.38. The van der Waals surface area contributed by atoms with Crippen LogP contribution in [0.1, 0.15) is 48.7 Å². The first-order chi connectivity index (χ1) is 14.0. The SMILES string of the molecule is CCc1cccc(CC)c1N1C[C@@H](C(=O)O[C@H](C)C(=O)c2ccccc2)CC1=O. The molecule has 1 heterocycles. The molecule has 2 aromatic rings. The van der Waals surface area contributed by atoms with Gasteiger partial charge in [0.2, 0.25) is 11.7 Å². The highest BCUT2D eigenvalue weighted by atomic mass is 16.5. The largest absolute Gasteiger partial charge is 0.454 e. The topological polar surface area (TPSA) is 63.7 Å². The maximum Gasteiger partial charge on any atom is 0.312 e. The summed E-state index contributed by atoms with van der Waals surface area (Å²) < 4.78 is 5.43. The zero-order chi connectivity index (χ0) is 21.0. The molecule has 0 spiro atoms. The van der Waals surface area contributed by atoms with Gasteiger partial charge in [0, 0.05) is 24.2 Å². The van der Waals surface area contributed by atoms with Crippen LogP contribution in [-0.4, -0.2) is 30.3 Å². The molecule has 29 heavy (non-hydrogen) atoms. The molecule has 0 bridgehead atoms. The van der Waals surface area contributed by atoms with Crippen molar-refractivity contribution in [3.05, 3.63) is 65.2 Å². The van der Waals surface area contributed by atoms with Crippen LogP contribution in [0, 0.1) is 5.92 Å². The van der Waals surface area contributed by atoms with E-state index in [0.717, 1.165) is 29.7 Å². The van der Waals surface area contributed by atoms with E-state index in [0.29, 0.717) is 5.56 Å². The van der Waals surface area contributed by atoms with Crippen molar-refractivity contribution >= 4 is 23.3 Å². The van der Waals surface area contributed by atoms with Crippen molar-refractivity contribution in [2.24, 2.45) is 5.92 Å². The van der Waals surface area contributed by atoms with Gasteiger partial charge < -0.3 is 9.64 Å². The predicted molar refractivity (Wildman–Crippen MR) is 112 cm³/mol. The van der Waals surface area contributed by atoms with Crippen molar-refractivity contribution in [1.29, 1.82) is 0 Å². The Balaban J connectivity index is 1.72. The van der Waals surface area contributed by atoms with Crippen LogP contribution >= 0.6 is 0 Å². The average Bonchev–Trinajstić information content (AvgIpc) is 3.14. The van der Waals surface area contributed by atoms with Gasteiger partial charge in [0.1, 0.15) is 0 Å². The minimum atomic E-state index is -0.886. The summed E-state index contributed by atoms with van der Waals surface area (Å²) in [5, 5.41) is 0. The number of nitrogens with zero attached hydrogens (tertiary/aromatic N) is 1. The lowest BCUT2D eigenvalue weighted by Crippen LogP contribution is -2.31. The number of carbonyl (C=O) groups is 3. The van der Waals surface area contributed by atoms with Gasteiger partial charge in [-0.05, 0) is 30.9 Å². The molecule has 152 valence electrons. The minimum Gasteiger partial charge on any atom is -0.454 e. The zero-order valence-electron chi connectivity index (χ0n) is 17.2. The van der Waals surface area contributed by atoms with Gasteiger partial charge in [0.05, 0.1) is 5.92 Å². The van der Waals surface area contributed by atoms with Crippen molar-refractivity contribution in [3.8, 4) is 0 Å². The number of rotatable bonds is 7. The second-order valence-corrected chi connectivity index (χ2v) is 7.35. The van der Waals surface area contributed by atoms with E-state index in [1.807, 2.05) is 24.3 Å². The molecule has 1 aliphatic heterocycles. The third-order valence-electron chi connectivity index (χ3n) is 5.41. The third kappa shape index (κ3) is 4.39. The Kier molecular flexibility index (Phi) is 6.47. The number of benzene rings is 2.